The molecule has 2 bridgehead atoms. The Labute approximate surface area is 131 Å². The first-order valence-electron chi connectivity index (χ1n) is 6.90. The van der Waals surface area contributed by atoms with Gasteiger partial charge in [0, 0.05) is 31.1 Å². The molecule has 1 saturated heterocycles. The van der Waals surface area contributed by atoms with Gasteiger partial charge in [-0.25, -0.2) is 0 Å². The summed E-state index contributed by atoms with van der Waals surface area (Å²) in [5.74, 6) is 4.21. The molecule has 3 aliphatic rings. The zero-order valence-corrected chi connectivity index (χ0v) is 14.1. The lowest BCUT2D eigenvalue weighted by Crippen LogP contribution is -2.43. The first-order valence-corrected chi connectivity index (χ1v) is 8.06. The van der Waals surface area contributed by atoms with Crippen LogP contribution in [0.2, 0.25) is 0 Å². The van der Waals surface area contributed by atoms with E-state index in [1.165, 1.54) is 43.6 Å². The highest BCUT2D eigenvalue weighted by molar-refractivity contribution is 14.0. The Balaban J connectivity index is 0.00000120. The number of rotatable bonds is 2. The maximum absolute atomic E-state index is 6.12. The van der Waals surface area contributed by atoms with Gasteiger partial charge in [-0.2, -0.15) is 11.8 Å². The van der Waals surface area contributed by atoms with Crippen LogP contribution in [0.25, 0.3) is 0 Å². The summed E-state index contributed by atoms with van der Waals surface area (Å²) >= 11 is 2.02. The predicted octanol–water partition coefficient (Wildman–Crippen LogP) is 2.55. The van der Waals surface area contributed by atoms with E-state index in [9.17, 15) is 0 Å². The van der Waals surface area contributed by atoms with Gasteiger partial charge >= 0.3 is 0 Å². The van der Waals surface area contributed by atoms with Crippen molar-refractivity contribution in [3.05, 3.63) is 0 Å². The molecule has 0 aromatic rings. The van der Waals surface area contributed by atoms with Crippen LogP contribution in [0.3, 0.4) is 0 Å². The molecule has 2 saturated carbocycles. The first-order chi connectivity index (χ1) is 8.27. The molecule has 3 fully saturated rings. The van der Waals surface area contributed by atoms with Crippen LogP contribution < -0.4 is 5.73 Å². The molecule has 0 aromatic heterocycles. The summed E-state index contributed by atoms with van der Waals surface area (Å²) in [4.78, 5) is 6.97. The van der Waals surface area contributed by atoms with Gasteiger partial charge in [0.25, 0.3) is 0 Å². The zero-order chi connectivity index (χ0) is 11.7. The number of halogens is 1. The molecule has 3 rings (SSSR count). The van der Waals surface area contributed by atoms with Gasteiger partial charge in [0.05, 0.1) is 0 Å². The van der Waals surface area contributed by atoms with Gasteiger partial charge in [-0.1, -0.05) is 0 Å². The Morgan fingerprint density at radius 1 is 1.28 bits per heavy atom. The van der Waals surface area contributed by atoms with E-state index < -0.39 is 0 Å². The van der Waals surface area contributed by atoms with Crippen LogP contribution in [0.1, 0.15) is 32.1 Å². The van der Waals surface area contributed by atoms with Crippen molar-refractivity contribution < 1.29 is 0 Å². The molecule has 2 aliphatic carbocycles. The minimum absolute atomic E-state index is 0. The lowest BCUT2D eigenvalue weighted by atomic mass is 9.84. The fourth-order valence-corrected chi connectivity index (χ4v) is 4.58. The number of thioether (sulfide) groups is 1. The molecule has 3 nitrogen and oxygen atoms in total. The number of guanidine groups is 1. The molecule has 2 N–H and O–H groups in total. The SMILES string of the molecule is I.NC(=NCC12CCC(CC1)C2)N1CCSCC1. The lowest BCUT2D eigenvalue weighted by molar-refractivity contribution is 0.305. The molecule has 0 unspecified atom stereocenters. The number of hydrogen-bond donors (Lipinski definition) is 1. The number of nitrogens with zero attached hydrogens (tertiary/aromatic N) is 2. The maximum Gasteiger partial charge on any atom is 0.191 e. The molecule has 0 amide bonds. The quantitative estimate of drug-likeness (QED) is 0.454. The summed E-state index contributed by atoms with van der Waals surface area (Å²) < 4.78 is 0. The van der Waals surface area contributed by atoms with Crippen molar-refractivity contribution in [1.29, 1.82) is 0 Å². The van der Waals surface area contributed by atoms with Crippen LogP contribution in [0.5, 0.6) is 0 Å². The maximum atomic E-state index is 6.12. The topological polar surface area (TPSA) is 41.6 Å². The second-order valence-corrected chi connectivity index (χ2v) is 7.15. The van der Waals surface area contributed by atoms with Crippen molar-refractivity contribution in [2.24, 2.45) is 22.1 Å². The largest absolute Gasteiger partial charge is 0.370 e. The van der Waals surface area contributed by atoms with Gasteiger partial charge in [0.1, 0.15) is 0 Å². The number of aliphatic imine (C=N–C) groups is 1. The van der Waals surface area contributed by atoms with Gasteiger partial charge in [-0.3, -0.25) is 4.99 Å². The first kappa shape index (κ1) is 14.8. The number of fused-ring (bicyclic) bond motifs is 2. The molecule has 0 aromatic carbocycles. The Morgan fingerprint density at radius 3 is 2.50 bits per heavy atom. The summed E-state index contributed by atoms with van der Waals surface area (Å²) in [7, 11) is 0. The van der Waals surface area contributed by atoms with Gasteiger partial charge in [-0.05, 0) is 43.4 Å². The van der Waals surface area contributed by atoms with E-state index in [1.807, 2.05) is 11.8 Å². The zero-order valence-electron chi connectivity index (χ0n) is 10.9. The van der Waals surface area contributed by atoms with Crippen molar-refractivity contribution in [2.75, 3.05) is 31.1 Å². The van der Waals surface area contributed by atoms with Crippen molar-refractivity contribution in [1.82, 2.24) is 4.90 Å². The van der Waals surface area contributed by atoms with Crippen LogP contribution in [0, 0.1) is 11.3 Å². The molecule has 104 valence electrons. The van der Waals surface area contributed by atoms with Crippen LogP contribution in [0.4, 0.5) is 0 Å². The second-order valence-electron chi connectivity index (χ2n) is 5.92. The van der Waals surface area contributed by atoms with Crippen LogP contribution in [-0.4, -0.2) is 42.0 Å². The van der Waals surface area contributed by atoms with Crippen molar-refractivity contribution in [3.8, 4) is 0 Å². The Hall–Kier alpha value is 0.350. The van der Waals surface area contributed by atoms with Crippen LogP contribution in [0.15, 0.2) is 4.99 Å². The van der Waals surface area contributed by atoms with Crippen LogP contribution in [-0.2, 0) is 0 Å². The highest BCUT2D eigenvalue weighted by atomic mass is 127. The summed E-state index contributed by atoms with van der Waals surface area (Å²) in [5, 5.41) is 0. The van der Waals surface area contributed by atoms with Crippen molar-refractivity contribution in [3.63, 3.8) is 0 Å². The fraction of sp³-hybridized carbons (Fsp3) is 0.923. The molecule has 0 radical (unpaired) electrons. The molecule has 1 heterocycles. The molecular formula is C13H24IN3S. The Bertz CT molecular complexity index is 307. The van der Waals surface area contributed by atoms with E-state index >= 15 is 0 Å². The Kier molecular flexibility index (Phi) is 5.08. The van der Waals surface area contributed by atoms with Crippen LogP contribution >= 0.6 is 35.7 Å². The number of nitrogens with two attached hydrogens (primary N) is 1. The Morgan fingerprint density at radius 2 is 1.94 bits per heavy atom. The highest BCUT2D eigenvalue weighted by Gasteiger charge is 2.44. The van der Waals surface area contributed by atoms with Gasteiger partial charge in [-0.15, -0.1) is 24.0 Å². The third kappa shape index (κ3) is 3.08. The monoisotopic (exact) mass is 381 g/mol. The second kappa shape index (κ2) is 6.20. The smallest absolute Gasteiger partial charge is 0.191 e. The van der Waals surface area contributed by atoms with Crippen molar-refractivity contribution in [2.45, 2.75) is 32.1 Å². The van der Waals surface area contributed by atoms with Crippen molar-refractivity contribution >= 4 is 41.7 Å². The van der Waals surface area contributed by atoms with Gasteiger partial charge < -0.3 is 10.6 Å². The minimum Gasteiger partial charge on any atom is -0.370 e. The third-order valence-corrected chi connectivity index (χ3v) is 5.74. The van der Waals surface area contributed by atoms with E-state index in [0.717, 1.165) is 31.5 Å². The van der Waals surface area contributed by atoms with E-state index in [0.29, 0.717) is 5.41 Å². The van der Waals surface area contributed by atoms with E-state index in [2.05, 4.69) is 4.90 Å². The standard InChI is InChI=1S/C13H23N3S.HI/c14-12(16-5-7-17-8-6-16)15-10-13-3-1-11(9-13)2-4-13;/h11H,1-10H2,(H2,14,15);1H. The lowest BCUT2D eigenvalue weighted by Gasteiger charge is -2.29. The summed E-state index contributed by atoms with van der Waals surface area (Å²) in [6, 6.07) is 0. The summed E-state index contributed by atoms with van der Waals surface area (Å²) in [6.45, 7) is 3.14. The van der Waals surface area contributed by atoms with Gasteiger partial charge in [0.15, 0.2) is 5.96 Å². The van der Waals surface area contributed by atoms with E-state index in [-0.39, 0.29) is 24.0 Å². The fourth-order valence-electron chi connectivity index (χ4n) is 3.67. The molecular weight excluding hydrogens is 357 g/mol. The molecule has 18 heavy (non-hydrogen) atoms. The number of hydrogen-bond acceptors (Lipinski definition) is 2. The molecule has 1 aliphatic heterocycles. The average Bonchev–Trinajstić information content (AvgIpc) is 2.98. The van der Waals surface area contributed by atoms with E-state index in [4.69, 9.17) is 10.7 Å². The normalized spacial score (nSPS) is 35.7. The molecule has 0 spiro atoms. The summed E-state index contributed by atoms with van der Waals surface area (Å²) in [5.41, 5.74) is 6.66. The average molecular weight is 381 g/mol. The molecule has 5 heteroatoms. The molecule has 0 atom stereocenters. The minimum atomic E-state index is 0. The third-order valence-electron chi connectivity index (χ3n) is 4.80. The highest BCUT2D eigenvalue weighted by Crippen LogP contribution is 2.54. The summed E-state index contributed by atoms with van der Waals surface area (Å²) in [6.07, 6.45) is 7.08. The predicted molar refractivity (Wildman–Crippen MR) is 89.8 cm³/mol. The van der Waals surface area contributed by atoms with E-state index in [1.54, 1.807) is 0 Å². The van der Waals surface area contributed by atoms with Gasteiger partial charge in [0.2, 0.25) is 0 Å².